The van der Waals surface area contributed by atoms with Crippen molar-refractivity contribution >= 4 is 11.3 Å². The van der Waals surface area contributed by atoms with Gasteiger partial charge in [-0.15, -0.1) is 20.4 Å². The molecular weight excluding hydrogens is 344 g/mol. The van der Waals surface area contributed by atoms with E-state index in [1.54, 1.807) is 0 Å². The molecule has 1 atom stereocenters. The van der Waals surface area contributed by atoms with Crippen LogP contribution >= 0.6 is 0 Å². The van der Waals surface area contributed by atoms with Crippen molar-refractivity contribution in [3.63, 3.8) is 0 Å². The van der Waals surface area contributed by atoms with Gasteiger partial charge in [-0.3, -0.25) is 0 Å². The van der Waals surface area contributed by atoms with Gasteiger partial charge < -0.3 is 9.47 Å². The van der Waals surface area contributed by atoms with Gasteiger partial charge in [0.1, 0.15) is 5.82 Å². The average Bonchev–Trinajstić information content (AvgIpc) is 3.26. The van der Waals surface area contributed by atoms with Crippen LogP contribution in [-0.2, 0) is 0 Å². The van der Waals surface area contributed by atoms with Gasteiger partial charge in [-0.1, -0.05) is 6.92 Å². The Hall–Kier alpha value is -3.16. The zero-order valence-corrected chi connectivity index (χ0v) is 15.9. The van der Waals surface area contributed by atoms with Crippen LogP contribution in [0.25, 0.3) is 22.7 Å². The lowest BCUT2D eigenvalue weighted by atomic mass is 10.2. The van der Waals surface area contributed by atoms with Gasteiger partial charge in [-0.05, 0) is 57.5 Å². The lowest BCUT2D eigenvalue weighted by Gasteiger charge is -2.17. The summed E-state index contributed by atoms with van der Waals surface area (Å²) in [6.07, 6.45) is 1.04. The predicted molar refractivity (Wildman–Crippen MR) is 101 cm³/mol. The van der Waals surface area contributed by atoms with Gasteiger partial charge >= 0.3 is 0 Å². The molecule has 1 unspecified atom stereocenters. The fourth-order valence-corrected chi connectivity index (χ4v) is 2.96. The molecule has 8 heteroatoms. The minimum absolute atomic E-state index is 0.114. The monoisotopic (exact) mass is 366 g/mol. The molecule has 0 spiro atoms. The van der Waals surface area contributed by atoms with Crippen LogP contribution in [0.5, 0.6) is 11.5 Å². The van der Waals surface area contributed by atoms with E-state index in [-0.39, 0.29) is 6.10 Å². The summed E-state index contributed by atoms with van der Waals surface area (Å²) in [4.78, 5) is 0. The number of fused-ring (bicyclic) bond motifs is 3. The molecular formula is C19H22N6O2. The highest BCUT2D eigenvalue weighted by Gasteiger charge is 2.16. The predicted octanol–water partition coefficient (Wildman–Crippen LogP) is 3.32. The SMILES string of the molecule is CCOc1cc(-c2nnc3ccc4nnc(C)n4n23)ccc1OC(C)CC. The largest absolute Gasteiger partial charge is 0.490 e. The first-order valence-electron chi connectivity index (χ1n) is 9.12. The van der Waals surface area contributed by atoms with Crippen molar-refractivity contribution in [2.24, 2.45) is 0 Å². The molecule has 0 fully saturated rings. The Bertz CT molecular complexity index is 1100. The second-order valence-corrected chi connectivity index (χ2v) is 6.38. The van der Waals surface area contributed by atoms with E-state index in [2.05, 4.69) is 27.3 Å². The Balaban J connectivity index is 1.87. The Morgan fingerprint density at radius 2 is 1.67 bits per heavy atom. The van der Waals surface area contributed by atoms with E-state index in [1.807, 2.05) is 60.1 Å². The third-order valence-corrected chi connectivity index (χ3v) is 4.47. The molecule has 3 aromatic heterocycles. The van der Waals surface area contributed by atoms with Crippen molar-refractivity contribution in [1.82, 2.24) is 29.4 Å². The van der Waals surface area contributed by atoms with Crippen LogP contribution in [0.4, 0.5) is 0 Å². The molecule has 0 aliphatic rings. The van der Waals surface area contributed by atoms with E-state index in [0.717, 1.165) is 34.9 Å². The van der Waals surface area contributed by atoms with Crippen LogP contribution in [0.2, 0.25) is 0 Å². The zero-order valence-electron chi connectivity index (χ0n) is 15.9. The van der Waals surface area contributed by atoms with Crippen LogP contribution in [-0.4, -0.2) is 42.1 Å². The number of aromatic nitrogens is 6. The maximum Gasteiger partial charge on any atom is 0.184 e. The molecule has 3 heterocycles. The molecule has 0 aliphatic carbocycles. The van der Waals surface area contributed by atoms with Gasteiger partial charge in [0.05, 0.1) is 12.7 Å². The standard InChI is InChI=1S/C19H22N6O2/c1-5-12(3)27-15-8-7-14(11-16(15)26-6-2)19-23-22-18-10-9-17-21-20-13(4)24(17)25(18)19/h7-12H,5-6H2,1-4H3. The van der Waals surface area contributed by atoms with Crippen molar-refractivity contribution in [3.05, 3.63) is 36.2 Å². The van der Waals surface area contributed by atoms with Gasteiger partial charge in [0.25, 0.3) is 0 Å². The van der Waals surface area contributed by atoms with Crippen LogP contribution < -0.4 is 9.47 Å². The molecule has 0 saturated heterocycles. The Morgan fingerprint density at radius 1 is 0.926 bits per heavy atom. The summed E-state index contributed by atoms with van der Waals surface area (Å²) >= 11 is 0. The summed E-state index contributed by atoms with van der Waals surface area (Å²) in [5, 5.41) is 17.0. The number of nitrogens with zero attached hydrogens (tertiary/aromatic N) is 6. The van der Waals surface area contributed by atoms with E-state index >= 15 is 0 Å². The van der Waals surface area contributed by atoms with Gasteiger partial charge in [0.2, 0.25) is 0 Å². The molecule has 0 aliphatic heterocycles. The molecule has 0 radical (unpaired) electrons. The number of ether oxygens (including phenoxy) is 2. The van der Waals surface area contributed by atoms with Gasteiger partial charge in [-0.25, -0.2) is 9.03 Å². The van der Waals surface area contributed by atoms with Gasteiger partial charge in [-0.2, -0.15) is 0 Å². The molecule has 0 N–H and O–H groups in total. The fourth-order valence-electron chi connectivity index (χ4n) is 2.96. The van der Waals surface area contributed by atoms with Crippen LogP contribution in [0, 0.1) is 6.92 Å². The molecule has 27 heavy (non-hydrogen) atoms. The summed E-state index contributed by atoms with van der Waals surface area (Å²) in [7, 11) is 0. The molecule has 0 saturated carbocycles. The topological polar surface area (TPSA) is 78.8 Å². The molecule has 4 aromatic rings. The lowest BCUT2D eigenvalue weighted by molar-refractivity contribution is 0.203. The lowest BCUT2D eigenvalue weighted by Crippen LogP contribution is -2.11. The number of aryl methyl sites for hydroxylation is 1. The molecule has 0 amide bonds. The van der Waals surface area contributed by atoms with Crippen LogP contribution in [0.1, 0.15) is 33.0 Å². The van der Waals surface area contributed by atoms with Crippen molar-refractivity contribution in [2.75, 3.05) is 6.61 Å². The van der Waals surface area contributed by atoms with Crippen LogP contribution in [0.15, 0.2) is 30.3 Å². The molecule has 8 nitrogen and oxygen atoms in total. The number of rotatable bonds is 6. The number of hydrogen-bond donors (Lipinski definition) is 0. The van der Waals surface area contributed by atoms with E-state index in [0.29, 0.717) is 18.2 Å². The molecule has 140 valence electrons. The van der Waals surface area contributed by atoms with Gasteiger partial charge in [0, 0.05) is 5.56 Å². The maximum absolute atomic E-state index is 5.99. The Kier molecular flexibility index (Phi) is 4.39. The molecule has 1 aromatic carbocycles. The molecule has 4 rings (SSSR count). The van der Waals surface area contributed by atoms with E-state index < -0.39 is 0 Å². The number of hydrogen-bond acceptors (Lipinski definition) is 6. The first-order valence-corrected chi connectivity index (χ1v) is 9.12. The van der Waals surface area contributed by atoms with Crippen molar-refractivity contribution in [1.29, 1.82) is 0 Å². The Morgan fingerprint density at radius 3 is 2.41 bits per heavy atom. The first kappa shape index (κ1) is 17.3. The van der Waals surface area contributed by atoms with Crippen molar-refractivity contribution < 1.29 is 9.47 Å². The summed E-state index contributed by atoms with van der Waals surface area (Å²) < 4.78 is 15.6. The second kappa shape index (κ2) is 6.86. The third kappa shape index (κ3) is 2.97. The maximum atomic E-state index is 5.99. The fraction of sp³-hybridized carbons (Fsp3) is 0.368. The normalized spacial score (nSPS) is 12.6. The second-order valence-electron chi connectivity index (χ2n) is 6.38. The quantitative estimate of drug-likeness (QED) is 0.521. The highest BCUT2D eigenvalue weighted by molar-refractivity contribution is 5.64. The minimum Gasteiger partial charge on any atom is -0.490 e. The van der Waals surface area contributed by atoms with E-state index in [1.165, 1.54) is 0 Å². The minimum atomic E-state index is 0.114. The first-order chi connectivity index (χ1) is 13.1. The summed E-state index contributed by atoms with van der Waals surface area (Å²) in [5.74, 6) is 2.88. The van der Waals surface area contributed by atoms with Crippen molar-refractivity contribution in [2.45, 2.75) is 40.2 Å². The third-order valence-electron chi connectivity index (χ3n) is 4.47. The summed E-state index contributed by atoms with van der Waals surface area (Å²) in [6.45, 7) is 8.54. The Labute approximate surface area is 156 Å². The highest BCUT2D eigenvalue weighted by atomic mass is 16.5. The van der Waals surface area contributed by atoms with Crippen molar-refractivity contribution in [3.8, 4) is 22.9 Å². The van der Waals surface area contributed by atoms with E-state index in [4.69, 9.17) is 9.47 Å². The zero-order chi connectivity index (χ0) is 19.0. The van der Waals surface area contributed by atoms with Crippen LogP contribution in [0.3, 0.4) is 0 Å². The average molecular weight is 366 g/mol. The smallest absolute Gasteiger partial charge is 0.184 e. The number of benzene rings is 1. The molecule has 0 bridgehead atoms. The van der Waals surface area contributed by atoms with E-state index in [9.17, 15) is 0 Å². The highest BCUT2D eigenvalue weighted by Crippen LogP contribution is 2.33. The summed E-state index contributed by atoms with van der Waals surface area (Å²) in [5.41, 5.74) is 2.34. The van der Waals surface area contributed by atoms with Gasteiger partial charge in [0.15, 0.2) is 28.6 Å². The summed E-state index contributed by atoms with van der Waals surface area (Å²) in [6, 6.07) is 9.59.